The van der Waals surface area contributed by atoms with Crippen molar-refractivity contribution in [1.29, 1.82) is 0 Å². The second-order valence-corrected chi connectivity index (χ2v) is 5.01. The van der Waals surface area contributed by atoms with Gasteiger partial charge in [-0.1, -0.05) is 16.8 Å². The van der Waals surface area contributed by atoms with E-state index in [1.54, 1.807) is 6.07 Å². The van der Waals surface area contributed by atoms with Gasteiger partial charge in [0.1, 0.15) is 17.3 Å². The lowest BCUT2D eigenvalue weighted by molar-refractivity contribution is -0.115. The number of nitrogens with one attached hydrogen (secondary N) is 1. The SMILES string of the molecule is Cc1ccc2onc(CC(=O)Nc3cc(F)cc(F)c3)c2c1. The highest BCUT2D eigenvalue weighted by atomic mass is 19.1. The van der Waals surface area contributed by atoms with Gasteiger partial charge in [0.05, 0.1) is 6.42 Å². The Balaban J connectivity index is 1.79. The molecule has 3 aromatic rings. The number of benzene rings is 2. The number of aromatic nitrogens is 1. The molecule has 3 rings (SSSR count). The summed E-state index contributed by atoms with van der Waals surface area (Å²) < 4.78 is 31.3. The van der Waals surface area contributed by atoms with Crippen LogP contribution in [0.25, 0.3) is 11.0 Å². The zero-order valence-corrected chi connectivity index (χ0v) is 11.7. The zero-order valence-electron chi connectivity index (χ0n) is 11.7. The second-order valence-electron chi connectivity index (χ2n) is 5.01. The molecule has 0 aliphatic heterocycles. The second kappa shape index (κ2) is 5.55. The van der Waals surface area contributed by atoms with E-state index in [2.05, 4.69) is 10.5 Å². The molecular weight excluding hydrogens is 290 g/mol. The van der Waals surface area contributed by atoms with Crippen LogP contribution in [0.4, 0.5) is 14.5 Å². The van der Waals surface area contributed by atoms with Crippen molar-refractivity contribution in [3.05, 3.63) is 59.3 Å². The van der Waals surface area contributed by atoms with Crippen LogP contribution < -0.4 is 5.32 Å². The summed E-state index contributed by atoms with van der Waals surface area (Å²) in [6.45, 7) is 1.92. The average molecular weight is 302 g/mol. The van der Waals surface area contributed by atoms with Crippen LogP contribution >= 0.6 is 0 Å². The van der Waals surface area contributed by atoms with E-state index in [0.717, 1.165) is 29.1 Å². The Morgan fingerprint density at radius 1 is 1.18 bits per heavy atom. The van der Waals surface area contributed by atoms with E-state index in [-0.39, 0.29) is 12.1 Å². The third-order valence-electron chi connectivity index (χ3n) is 3.17. The molecule has 0 bridgehead atoms. The lowest BCUT2D eigenvalue weighted by Crippen LogP contribution is -2.15. The van der Waals surface area contributed by atoms with E-state index < -0.39 is 17.5 Å². The number of carbonyl (C=O) groups excluding carboxylic acids is 1. The van der Waals surface area contributed by atoms with Crippen LogP contribution in [-0.2, 0) is 11.2 Å². The number of halogens is 2. The summed E-state index contributed by atoms with van der Waals surface area (Å²) in [4.78, 5) is 12.0. The lowest BCUT2D eigenvalue weighted by Gasteiger charge is -2.04. The number of amides is 1. The average Bonchev–Trinajstić information content (AvgIpc) is 2.80. The summed E-state index contributed by atoms with van der Waals surface area (Å²) in [5.74, 6) is -1.93. The minimum Gasteiger partial charge on any atom is -0.356 e. The molecule has 0 atom stereocenters. The summed E-state index contributed by atoms with van der Waals surface area (Å²) in [7, 11) is 0. The number of rotatable bonds is 3. The van der Waals surface area contributed by atoms with Crippen molar-refractivity contribution in [3.63, 3.8) is 0 Å². The highest BCUT2D eigenvalue weighted by molar-refractivity contribution is 5.94. The van der Waals surface area contributed by atoms with Crippen LogP contribution in [0.3, 0.4) is 0 Å². The molecule has 6 heteroatoms. The maximum absolute atomic E-state index is 13.1. The Hall–Kier alpha value is -2.76. The number of anilines is 1. The van der Waals surface area contributed by atoms with E-state index in [0.29, 0.717) is 11.3 Å². The van der Waals surface area contributed by atoms with Crippen LogP contribution in [0, 0.1) is 18.6 Å². The summed E-state index contributed by atoms with van der Waals surface area (Å²) in [5, 5.41) is 7.06. The number of aryl methyl sites for hydroxylation is 1. The van der Waals surface area contributed by atoms with Crippen LogP contribution in [0.15, 0.2) is 40.9 Å². The molecule has 1 aromatic heterocycles. The summed E-state index contributed by atoms with van der Waals surface area (Å²) in [6, 6.07) is 8.37. The van der Waals surface area contributed by atoms with E-state index in [1.807, 2.05) is 19.1 Å². The molecule has 0 radical (unpaired) electrons. The first kappa shape index (κ1) is 14.2. The topological polar surface area (TPSA) is 55.1 Å². The molecule has 0 aliphatic rings. The maximum Gasteiger partial charge on any atom is 0.230 e. The van der Waals surface area contributed by atoms with Crippen LogP contribution in [-0.4, -0.2) is 11.1 Å². The minimum absolute atomic E-state index is 0.0470. The molecule has 1 heterocycles. The third kappa shape index (κ3) is 2.95. The Morgan fingerprint density at radius 2 is 1.91 bits per heavy atom. The molecule has 0 unspecified atom stereocenters. The molecule has 1 amide bonds. The number of hydrogen-bond acceptors (Lipinski definition) is 3. The van der Waals surface area contributed by atoms with Crippen molar-refractivity contribution >= 4 is 22.6 Å². The van der Waals surface area contributed by atoms with Gasteiger partial charge < -0.3 is 9.84 Å². The van der Waals surface area contributed by atoms with E-state index in [4.69, 9.17) is 4.52 Å². The quantitative estimate of drug-likeness (QED) is 0.804. The Bertz CT molecular complexity index is 838. The van der Waals surface area contributed by atoms with Gasteiger partial charge in [-0.2, -0.15) is 0 Å². The van der Waals surface area contributed by atoms with Crippen molar-refractivity contribution in [2.24, 2.45) is 0 Å². The van der Waals surface area contributed by atoms with E-state index in [1.165, 1.54) is 0 Å². The highest BCUT2D eigenvalue weighted by Crippen LogP contribution is 2.21. The molecule has 2 aromatic carbocycles. The standard InChI is InChI=1S/C16H12F2N2O2/c1-9-2-3-15-13(4-9)14(20-22-15)8-16(21)19-12-6-10(17)5-11(18)7-12/h2-7H,8H2,1H3,(H,19,21). The summed E-state index contributed by atoms with van der Waals surface area (Å²) in [5.41, 5.74) is 2.15. The molecule has 112 valence electrons. The van der Waals surface area contributed by atoms with Gasteiger partial charge in [0, 0.05) is 17.1 Å². The van der Waals surface area contributed by atoms with E-state index in [9.17, 15) is 13.6 Å². The number of fused-ring (bicyclic) bond motifs is 1. The first-order chi connectivity index (χ1) is 10.5. The van der Waals surface area contributed by atoms with Crippen molar-refractivity contribution < 1.29 is 18.1 Å². The molecule has 1 N–H and O–H groups in total. The van der Waals surface area contributed by atoms with Gasteiger partial charge in [-0.05, 0) is 31.2 Å². The molecule has 0 aliphatic carbocycles. The Labute approximate surface area is 124 Å². The van der Waals surface area contributed by atoms with Gasteiger partial charge >= 0.3 is 0 Å². The highest BCUT2D eigenvalue weighted by Gasteiger charge is 2.13. The largest absolute Gasteiger partial charge is 0.356 e. The Kier molecular flexibility index (Phi) is 3.58. The fourth-order valence-electron chi connectivity index (χ4n) is 2.21. The number of nitrogens with zero attached hydrogens (tertiary/aromatic N) is 1. The molecule has 22 heavy (non-hydrogen) atoms. The first-order valence-corrected chi connectivity index (χ1v) is 6.62. The van der Waals surface area contributed by atoms with Crippen molar-refractivity contribution in [1.82, 2.24) is 5.16 Å². The monoisotopic (exact) mass is 302 g/mol. The number of carbonyl (C=O) groups is 1. The fourth-order valence-corrected chi connectivity index (χ4v) is 2.21. The predicted octanol–water partition coefficient (Wildman–Crippen LogP) is 3.60. The van der Waals surface area contributed by atoms with Gasteiger partial charge in [0.15, 0.2) is 5.58 Å². The summed E-state index contributed by atoms with van der Waals surface area (Å²) in [6.07, 6.45) is -0.0470. The lowest BCUT2D eigenvalue weighted by atomic mass is 10.1. The zero-order chi connectivity index (χ0) is 15.7. The Morgan fingerprint density at radius 3 is 2.64 bits per heavy atom. The third-order valence-corrected chi connectivity index (χ3v) is 3.17. The van der Waals surface area contributed by atoms with Crippen molar-refractivity contribution in [2.75, 3.05) is 5.32 Å². The maximum atomic E-state index is 13.1. The van der Waals surface area contributed by atoms with Gasteiger partial charge in [-0.25, -0.2) is 8.78 Å². The molecule has 0 saturated heterocycles. The van der Waals surface area contributed by atoms with Gasteiger partial charge in [-0.15, -0.1) is 0 Å². The first-order valence-electron chi connectivity index (χ1n) is 6.62. The minimum atomic E-state index is -0.752. The molecule has 0 fully saturated rings. The predicted molar refractivity (Wildman–Crippen MR) is 77.4 cm³/mol. The summed E-state index contributed by atoms with van der Waals surface area (Å²) >= 11 is 0. The van der Waals surface area contributed by atoms with Crippen LogP contribution in [0.5, 0.6) is 0 Å². The normalized spacial score (nSPS) is 10.9. The fraction of sp³-hybridized carbons (Fsp3) is 0.125. The molecular formula is C16H12F2N2O2. The number of hydrogen-bond donors (Lipinski definition) is 1. The molecule has 0 saturated carbocycles. The van der Waals surface area contributed by atoms with E-state index >= 15 is 0 Å². The van der Waals surface area contributed by atoms with Gasteiger partial charge in [0.2, 0.25) is 5.91 Å². The van der Waals surface area contributed by atoms with Crippen molar-refractivity contribution in [3.8, 4) is 0 Å². The molecule has 0 spiro atoms. The van der Waals surface area contributed by atoms with Gasteiger partial charge in [-0.3, -0.25) is 4.79 Å². The van der Waals surface area contributed by atoms with Crippen LogP contribution in [0.1, 0.15) is 11.3 Å². The smallest absolute Gasteiger partial charge is 0.230 e. The van der Waals surface area contributed by atoms with Crippen molar-refractivity contribution in [2.45, 2.75) is 13.3 Å². The molecule has 4 nitrogen and oxygen atoms in total. The van der Waals surface area contributed by atoms with Gasteiger partial charge in [0.25, 0.3) is 0 Å². The van der Waals surface area contributed by atoms with Crippen LogP contribution in [0.2, 0.25) is 0 Å².